The zero-order valence-electron chi connectivity index (χ0n) is 13.4. The Morgan fingerprint density at radius 2 is 2.00 bits per heavy atom. The van der Waals surface area contributed by atoms with Crippen LogP contribution in [0.25, 0.3) is 0 Å². The second kappa shape index (κ2) is 10.2. The summed E-state index contributed by atoms with van der Waals surface area (Å²) in [6, 6.07) is 0.676. The second-order valence-electron chi connectivity index (χ2n) is 5.72. The van der Waals surface area contributed by atoms with Gasteiger partial charge in [-0.05, 0) is 52.0 Å². The first-order valence-corrected chi connectivity index (χ1v) is 8.07. The molecule has 0 aromatic heterocycles. The highest BCUT2D eigenvalue weighted by molar-refractivity contribution is 5.69. The summed E-state index contributed by atoms with van der Waals surface area (Å²) in [7, 11) is 1.76. The number of hydrogen-bond donors (Lipinski definition) is 0. The van der Waals surface area contributed by atoms with E-state index in [-0.39, 0.29) is 5.97 Å². The minimum absolute atomic E-state index is 0.0601. The van der Waals surface area contributed by atoms with Gasteiger partial charge in [0.2, 0.25) is 0 Å². The average Bonchev–Trinajstić information content (AvgIpc) is 3.26. The minimum atomic E-state index is -0.0601. The van der Waals surface area contributed by atoms with Gasteiger partial charge >= 0.3 is 5.97 Å². The Morgan fingerprint density at radius 1 is 1.25 bits per heavy atom. The van der Waals surface area contributed by atoms with E-state index in [9.17, 15) is 4.79 Å². The number of carbonyl (C=O) groups is 1. The fourth-order valence-corrected chi connectivity index (χ4v) is 2.60. The van der Waals surface area contributed by atoms with Crippen LogP contribution in [0.4, 0.5) is 0 Å². The molecule has 0 aromatic carbocycles. The first-order valence-electron chi connectivity index (χ1n) is 8.07. The lowest BCUT2D eigenvalue weighted by atomic mass is 10.1. The van der Waals surface area contributed by atoms with Crippen molar-refractivity contribution in [1.29, 1.82) is 0 Å². The Kier molecular flexibility index (Phi) is 8.86. The second-order valence-corrected chi connectivity index (χ2v) is 5.72. The van der Waals surface area contributed by atoms with Crippen LogP contribution in [-0.4, -0.2) is 50.3 Å². The third kappa shape index (κ3) is 7.25. The molecule has 1 saturated carbocycles. The lowest BCUT2D eigenvalue weighted by Crippen LogP contribution is -2.37. The van der Waals surface area contributed by atoms with Crippen molar-refractivity contribution in [2.45, 2.75) is 58.4 Å². The molecule has 0 amide bonds. The molecule has 1 aliphatic rings. The molecule has 1 fully saturated rings. The monoisotopic (exact) mass is 285 g/mol. The number of nitrogens with zero attached hydrogens (tertiary/aromatic N) is 1. The summed E-state index contributed by atoms with van der Waals surface area (Å²) in [6.45, 7) is 7.62. The van der Waals surface area contributed by atoms with E-state index < -0.39 is 0 Å². The molecule has 0 heterocycles. The van der Waals surface area contributed by atoms with E-state index in [1.54, 1.807) is 7.11 Å². The summed E-state index contributed by atoms with van der Waals surface area (Å²) in [6.07, 6.45) is 6.51. The van der Waals surface area contributed by atoms with Gasteiger partial charge < -0.3 is 9.47 Å². The number of esters is 1. The number of unbranched alkanes of at least 4 members (excludes halogenated alkanes) is 2. The summed E-state index contributed by atoms with van der Waals surface area (Å²) in [4.78, 5) is 13.8. The van der Waals surface area contributed by atoms with Crippen molar-refractivity contribution in [3.05, 3.63) is 0 Å². The standard InChI is InChI=1S/C16H31NO3/c1-4-20-16(18)8-6-5-7-11-17(12-13-19-3)14(2)15-9-10-15/h14-15H,4-13H2,1-3H3. The molecule has 0 saturated heterocycles. The van der Waals surface area contributed by atoms with Crippen LogP contribution in [0.2, 0.25) is 0 Å². The zero-order valence-corrected chi connectivity index (χ0v) is 13.4. The lowest BCUT2D eigenvalue weighted by molar-refractivity contribution is -0.143. The largest absolute Gasteiger partial charge is 0.466 e. The lowest BCUT2D eigenvalue weighted by Gasteiger charge is -2.29. The van der Waals surface area contributed by atoms with Crippen molar-refractivity contribution >= 4 is 5.97 Å². The molecule has 0 radical (unpaired) electrons. The van der Waals surface area contributed by atoms with Crippen LogP contribution in [0.3, 0.4) is 0 Å². The van der Waals surface area contributed by atoms with Crippen LogP contribution in [0.1, 0.15) is 52.4 Å². The van der Waals surface area contributed by atoms with Gasteiger partial charge in [0.25, 0.3) is 0 Å². The molecule has 20 heavy (non-hydrogen) atoms. The maximum atomic E-state index is 11.2. The SMILES string of the molecule is CCOC(=O)CCCCCN(CCOC)C(C)C1CC1. The maximum Gasteiger partial charge on any atom is 0.305 e. The van der Waals surface area contributed by atoms with Crippen LogP contribution in [-0.2, 0) is 14.3 Å². The van der Waals surface area contributed by atoms with Crippen molar-refractivity contribution in [3.8, 4) is 0 Å². The van der Waals surface area contributed by atoms with Gasteiger partial charge in [-0.2, -0.15) is 0 Å². The van der Waals surface area contributed by atoms with Gasteiger partial charge in [-0.1, -0.05) is 6.42 Å². The normalized spacial score (nSPS) is 16.4. The average molecular weight is 285 g/mol. The van der Waals surface area contributed by atoms with E-state index in [1.807, 2.05) is 6.92 Å². The molecule has 4 heteroatoms. The quantitative estimate of drug-likeness (QED) is 0.408. The summed E-state index contributed by atoms with van der Waals surface area (Å²) in [5.41, 5.74) is 0. The highest BCUT2D eigenvalue weighted by Crippen LogP contribution is 2.35. The number of rotatable bonds is 12. The maximum absolute atomic E-state index is 11.2. The van der Waals surface area contributed by atoms with Crippen molar-refractivity contribution < 1.29 is 14.3 Å². The van der Waals surface area contributed by atoms with Gasteiger partial charge in [-0.25, -0.2) is 0 Å². The molecule has 1 atom stereocenters. The molecule has 0 bridgehead atoms. The molecular formula is C16H31NO3. The van der Waals surface area contributed by atoms with E-state index in [2.05, 4.69) is 11.8 Å². The number of hydrogen-bond acceptors (Lipinski definition) is 4. The van der Waals surface area contributed by atoms with Gasteiger partial charge in [0, 0.05) is 26.1 Å². The topological polar surface area (TPSA) is 38.8 Å². The first kappa shape index (κ1) is 17.4. The summed E-state index contributed by atoms with van der Waals surface area (Å²) >= 11 is 0. The Balaban J connectivity index is 2.12. The van der Waals surface area contributed by atoms with Gasteiger partial charge in [0.05, 0.1) is 13.2 Å². The highest BCUT2D eigenvalue weighted by Gasteiger charge is 2.31. The van der Waals surface area contributed by atoms with Gasteiger partial charge in [0.15, 0.2) is 0 Å². The Morgan fingerprint density at radius 3 is 2.60 bits per heavy atom. The molecular weight excluding hydrogens is 254 g/mol. The molecule has 0 spiro atoms. The summed E-state index contributed by atoms with van der Waals surface area (Å²) < 4.78 is 10.1. The molecule has 0 N–H and O–H groups in total. The third-order valence-electron chi connectivity index (χ3n) is 4.09. The number of carbonyl (C=O) groups excluding carboxylic acids is 1. The van der Waals surface area contributed by atoms with Crippen LogP contribution in [0.5, 0.6) is 0 Å². The van der Waals surface area contributed by atoms with Crippen LogP contribution >= 0.6 is 0 Å². The molecule has 4 nitrogen and oxygen atoms in total. The molecule has 1 unspecified atom stereocenters. The predicted octanol–water partition coefficient (Wildman–Crippen LogP) is 2.86. The summed E-state index contributed by atoms with van der Waals surface area (Å²) in [5.74, 6) is 0.835. The predicted molar refractivity (Wildman–Crippen MR) is 80.7 cm³/mol. The molecule has 0 aromatic rings. The van der Waals surface area contributed by atoms with Crippen LogP contribution < -0.4 is 0 Å². The van der Waals surface area contributed by atoms with Crippen molar-refractivity contribution in [1.82, 2.24) is 4.90 Å². The van der Waals surface area contributed by atoms with E-state index >= 15 is 0 Å². The van der Waals surface area contributed by atoms with Crippen molar-refractivity contribution in [2.75, 3.05) is 33.4 Å². The minimum Gasteiger partial charge on any atom is -0.466 e. The fraction of sp³-hybridized carbons (Fsp3) is 0.938. The smallest absolute Gasteiger partial charge is 0.305 e. The first-order chi connectivity index (χ1) is 9.69. The number of ether oxygens (including phenoxy) is 2. The Labute approximate surface area is 123 Å². The van der Waals surface area contributed by atoms with Crippen molar-refractivity contribution in [2.24, 2.45) is 5.92 Å². The van der Waals surface area contributed by atoms with E-state index in [0.29, 0.717) is 19.1 Å². The fourth-order valence-electron chi connectivity index (χ4n) is 2.60. The van der Waals surface area contributed by atoms with E-state index in [0.717, 1.165) is 44.9 Å². The Bertz CT molecular complexity index is 266. The molecule has 1 rings (SSSR count). The van der Waals surface area contributed by atoms with Gasteiger partial charge in [-0.15, -0.1) is 0 Å². The van der Waals surface area contributed by atoms with E-state index in [1.165, 1.54) is 12.8 Å². The summed E-state index contributed by atoms with van der Waals surface area (Å²) in [5, 5.41) is 0. The van der Waals surface area contributed by atoms with E-state index in [4.69, 9.17) is 9.47 Å². The third-order valence-corrected chi connectivity index (χ3v) is 4.09. The van der Waals surface area contributed by atoms with Gasteiger partial charge in [-0.3, -0.25) is 9.69 Å². The highest BCUT2D eigenvalue weighted by atomic mass is 16.5. The Hall–Kier alpha value is -0.610. The van der Waals surface area contributed by atoms with Gasteiger partial charge in [0.1, 0.15) is 0 Å². The molecule has 118 valence electrons. The van der Waals surface area contributed by atoms with Crippen LogP contribution in [0, 0.1) is 5.92 Å². The molecule has 1 aliphatic carbocycles. The zero-order chi connectivity index (χ0) is 14.8. The number of methoxy groups -OCH3 is 1. The van der Waals surface area contributed by atoms with Crippen molar-refractivity contribution in [3.63, 3.8) is 0 Å². The van der Waals surface area contributed by atoms with Crippen LogP contribution in [0.15, 0.2) is 0 Å². The molecule has 0 aliphatic heterocycles.